The van der Waals surface area contributed by atoms with Gasteiger partial charge in [-0.3, -0.25) is 14.2 Å². The van der Waals surface area contributed by atoms with E-state index in [-0.39, 0.29) is 5.91 Å². The van der Waals surface area contributed by atoms with Crippen molar-refractivity contribution in [2.45, 2.75) is 33.9 Å². The summed E-state index contributed by atoms with van der Waals surface area (Å²) in [5.41, 5.74) is 3.86. The highest BCUT2D eigenvalue weighted by Crippen LogP contribution is 2.20. The number of aromatic nitrogens is 4. The van der Waals surface area contributed by atoms with Gasteiger partial charge in [0, 0.05) is 55.8 Å². The first-order valence-corrected chi connectivity index (χ1v) is 9.36. The van der Waals surface area contributed by atoms with E-state index < -0.39 is 0 Å². The molecule has 0 N–H and O–H groups in total. The molecule has 2 heterocycles. The molecule has 27 heavy (non-hydrogen) atoms. The van der Waals surface area contributed by atoms with E-state index in [9.17, 15) is 4.79 Å². The summed E-state index contributed by atoms with van der Waals surface area (Å²) in [6.07, 6.45) is 7.64. The molecule has 0 radical (unpaired) electrons. The molecule has 6 heteroatoms. The molecular weight excluding hydrogens is 338 g/mol. The summed E-state index contributed by atoms with van der Waals surface area (Å²) >= 11 is 0. The van der Waals surface area contributed by atoms with E-state index in [1.54, 1.807) is 4.68 Å². The van der Waals surface area contributed by atoms with E-state index in [0.717, 1.165) is 23.2 Å². The third-order valence-corrected chi connectivity index (χ3v) is 4.43. The maximum absolute atomic E-state index is 13.1. The van der Waals surface area contributed by atoms with E-state index in [4.69, 9.17) is 0 Å². The van der Waals surface area contributed by atoms with Crippen LogP contribution in [0.3, 0.4) is 0 Å². The lowest BCUT2D eigenvalue weighted by Crippen LogP contribution is -2.33. The smallest absolute Gasteiger partial charge is 0.254 e. The minimum atomic E-state index is 0.0448. The van der Waals surface area contributed by atoms with Crippen LogP contribution >= 0.6 is 0 Å². The van der Waals surface area contributed by atoms with Crippen molar-refractivity contribution in [2.75, 3.05) is 6.54 Å². The van der Waals surface area contributed by atoms with Crippen LogP contribution in [-0.4, -0.2) is 36.9 Å². The van der Waals surface area contributed by atoms with Crippen LogP contribution in [0.4, 0.5) is 0 Å². The highest BCUT2D eigenvalue weighted by molar-refractivity contribution is 5.94. The number of carbonyl (C=O) groups is 1. The fourth-order valence-electron chi connectivity index (χ4n) is 3.11. The second-order valence-electron chi connectivity index (χ2n) is 7.26. The minimum absolute atomic E-state index is 0.0448. The highest BCUT2D eigenvalue weighted by Gasteiger charge is 2.18. The van der Waals surface area contributed by atoms with Gasteiger partial charge in [-0.2, -0.15) is 10.2 Å². The normalized spacial score (nSPS) is 11.1. The summed E-state index contributed by atoms with van der Waals surface area (Å²) in [6.45, 7) is 8.42. The third kappa shape index (κ3) is 4.64. The fraction of sp³-hybridized carbons (Fsp3) is 0.381. The zero-order valence-corrected chi connectivity index (χ0v) is 16.5. The van der Waals surface area contributed by atoms with Crippen LogP contribution in [0.1, 0.15) is 36.7 Å². The van der Waals surface area contributed by atoms with Crippen LogP contribution in [-0.2, 0) is 20.1 Å². The van der Waals surface area contributed by atoms with E-state index >= 15 is 0 Å². The molecule has 6 nitrogen and oxygen atoms in total. The number of benzene rings is 1. The van der Waals surface area contributed by atoms with Gasteiger partial charge in [0.05, 0.1) is 12.4 Å². The van der Waals surface area contributed by atoms with Crippen molar-refractivity contribution in [3.63, 3.8) is 0 Å². The lowest BCUT2D eigenvalue weighted by Gasteiger charge is -2.24. The van der Waals surface area contributed by atoms with Gasteiger partial charge in [0.2, 0.25) is 0 Å². The molecule has 0 aliphatic heterocycles. The average molecular weight is 365 g/mol. The first kappa shape index (κ1) is 18.9. The molecule has 0 unspecified atom stereocenters. The maximum atomic E-state index is 13.1. The van der Waals surface area contributed by atoms with E-state index in [0.29, 0.717) is 24.6 Å². The van der Waals surface area contributed by atoms with E-state index in [2.05, 4.69) is 31.0 Å². The van der Waals surface area contributed by atoms with Gasteiger partial charge in [-0.05, 0) is 30.5 Å². The van der Waals surface area contributed by atoms with Gasteiger partial charge in [-0.25, -0.2) is 0 Å². The zero-order valence-electron chi connectivity index (χ0n) is 16.5. The molecule has 0 aliphatic carbocycles. The number of carbonyl (C=O) groups excluding carboxylic acids is 1. The number of rotatable bonds is 7. The number of nitrogens with zero attached hydrogens (tertiary/aromatic N) is 5. The third-order valence-electron chi connectivity index (χ3n) is 4.43. The molecule has 142 valence electrons. The number of hydrogen-bond donors (Lipinski definition) is 0. The molecule has 0 saturated heterocycles. The lowest BCUT2D eigenvalue weighted by molar-refractivity contribution is 0.0722. The van der Waals surface area contributed by atoms with Crippen LogP contribution in [0.5, 0.6) is 0 Å². The molecule has 2 aromatic heterocycles. The topological polar surface area (TPSA) is 56.0 Å². The van der Waals surface area contributed by atoms with Crippen LogP contribution in [0.15, 0.2) is 49.1 Å². The van der Waals surface area contributed by atoms with Crippen molar-refractivity contribution < 1.29 is 4.79 Å². The highest BCUT2D eigenvalue weighted by atomic mass is 16.2. The van der Waals surface area contributed by atoms with Crippen LogP contribution in [0, 0.1) is 5.92 Å². The van der Waals surface area contributed by atoms with Gasteiger partial charge in [-0.1, -0.05) is 26.0 Å². The number of hydrogen-bond acceptors (Lipinski definition) is 3. The molecular formula is C21H27N5O. The summed E-state index contributed by atoms with van der Waals surface area (Å²) < 4.78 is 3.66. The molecule has 1 amide bonds. The van der Waals surface area contributed by atoms with Crippen molar-refractivity contribution in [1.29, 1.82) is 0 Å². The fourth-order valence-corrected chi connectivity index (χ4v) is 3.11. The molecule has 1 aromatic carbocycles. The maximum Gasteiger partial charge on any atom is 0.254 e. The molecule has 0 spiro atoms. The standard InChI is InChI=1S/C21H27N5O/c1-5-26-15-20(11-23-26)18-6-8-19(9-7-18)21(27)25(12-16(2)3)14-17-10-22-24(4)13-17/h6-11,13,15-16H,5,12,14H2,1-4H3. The summed E-state index contributed by atoms with van der Waals surface area (Å²) in [6, 6.07) is 7.78. The number of aryl methyl sites for hydroxylation is 2. The second kappa shape index (κ2) is 8.20. The van der Waals surface area contributed by atoms with Gasteiger partial charge in [0.25, 0.3) is 5.91 Å². The first-order valence-electron chi connectivity index (χ1n) is 9.36. The lowest BCUT2D eigenvalue weighted by atomic mass is 10.1. The quantitative estimate of drug-likeness (QED) is 0.643. The minimum Gasteiger partial charge on any atom is -0.334 e. The molecule has 0 atom stereocenters. The Morgan fingerprint density at radius 1 is 1.07 bits per heavy atom. The average Bonchev–Trinajstić information content (AvgIpc) is 3.29. The SMILES string of the molecule is CCn1cc(-c2ccc(C(=O)N(Cc3cnn(C)c3)CC(C)C)cc2)cn1. The second-order valence-corrected chi connectivity index (χ2v) is 7.26. The Balaban J connectivity index is 1.78. The van der Waals surface area contributed by atoms with Crippen molar-refractivity contribution >= 4 is 5.91 Å². The molecule has 0 saturated carbocycles. The van der Waals surface area contributed by atoms with Crippen molar-refractivity contribution in [2.24, 2.45) is 13.0 Å². The van der Waals surface area contributed by atoms with Crippen molar-refractivity contribution in [3.8, 4) is 11.1 Å². The Morgan fingerprint density at radius 3 is 2.37 bits per heavy atom. The zero-order chi connectivity index (χ0) is 19.4. The van der Waals surface area contributed by atoms with Gasteiger partial charge < -0.3 is 4.90 Å². The first-order chi connectivity index (χ1) is 13.0. The predicted molar refractivity (Wildman–Crippen MR) is 106 cm³/mol. The van der Waals surface area contributed by atoms with Crippen LogP contribution in [0.25, 0.3) is 11.1 Å². The van der Waals surface area contributed by atoms with Gasteiger partial charge in [0.1, 0.15) is 0 Å². The summed E-state index contributed by atoms with van der Waals surface area (Å²) in [5, 5.41) is 8.52. The summed E-state index contributed by atoms with van der Waals surface area (Å²) in [4.78, 5) is 15.0. The molecule has 3 rings (SSSR count). The van der Waals surface area contributed by atoms with Crippen LogP contribution in [0.2, 0.25) is 0 Å². The molecule has 0 fully saturated rings. The van der Waals surface area contributed by atoms with Crippen molar-refractivity contribution in [1.82, 2.24) is 24.5 Å². The summed E-state index contributed by atoms with van der Waals surface area (Å²) in [7, 11) is 1.89. The van der Waals surface area contributed by atoms with E-state index in [1.807, 2.05) is 65.7 Å². The largest absolute Gasteiger partial charge is 0.334 e. The Hall–Kier alpha value is -2.89. The Labute approximate surface area is 160 Å². The molecule has 3 aromatic rings. The molecule has 0 aliphatic rings. The van der Waals surface area contributed by atoms with Crippen molar-refractivity contribution in [3.05, 3.63) is 60.2 Å². The van der Waals surface area contributed by atoms with Crippen LogP contribution < -0.4 is 0 Å². The predicted octanol–water partition coefficient (Wildman–Crippen LogP) is 3.60. The van der Waals surface area contributed by atoms with Gasteiger partial charge >= 0.3 is 0 Å². The summed E-state index contributed by atoms with van der Waals surface area (Å²) in [5.74, 6) is 0.438. The monoisotopic (exact) mass is 365 g/mol. The van der Waals surface area contributed by atoms with Gasteiger partial charge in [-0.15, -0.1) is 0 Å². The Morgan fingerprint density at radius 2 is 1.81 bits per heavy atom. The van der Waals surface area contributed by atoms with Gasteiger partial charge in [0.15, 0.2) is 0 Å². The Kier molecular flexibility index (Phi) is 5.74. The Bertz CT molecular complexity index is 891. The number of amides is 1. The van der Waals surface area contributed by atoms with E-state index in [1.165, 1.54) is 0 Å². The molecule has 0 bridgehead atoms.